The molecule has 1 amide bonds. The Morgan fingerprint density at radius 3 is 2.24 bits per heavy atom. The number of nitrogens with zero attached hydrogens (tertiary/aromatic N) is 2. The highest BCUT2D eigenvalue weighted by Crippen LogP contribution is 2.38. The summed E-state index contributed by atoms with van der Waals surface area (Å²) in [6.07, 6.45) is 9.16. The summed E-state index contributed by atoms with van der Waals surface area (Å²) >= 11 is 0. The Balaban J connectivity index is 1.59. The molecule has 176 valence electrons. The number of aliphatic hydroxyl groups excluding tert-OH is 3. The van der Waals surface area contributed by atoms with Gasteiger partial charge in [-0.05, 0) is 91.5 Å². The van der Waals surface area contributed by atoms with Crippen molar-refractivity contribution in [3.05, 3.63) is 76.0 Å². The van der Waals surface area contributed by atoms with Gasteiger partial charge in [0, 0.05) is 17.5 Å². The molecule has 3 N–H and O–H groups in total. The second kappa shape index (κ2) is 9.29. The van der Waals surface area contributed by atoms with E-state index in [0.717, 1.165) is 59.3 Å². The Morgan fingerprint density at radius 2 is 1.67 bits per heavy atom. The van der Waals surface area contributed by atoms with E-state index in [1.54, 1.807) is 17.1 Å². The van der Waals surface area contributed by atoms with Crippen LogP contribution in [0.2, 0.25) is 0 Å². The van der Waals surface area contributed by atoms with Gasteiger partial charge in [-0.1, -0.05) is 32.1 Å². The fourth-order valence-electron chi connectivity index (χ4n) is 5.47. The topological polar surface area (TPSA) is 84.2 Å². The van der Waals surface area contributed by atoms with Gasteiger partial charge >= 0.3 is 0 Å². The smallest absolute Gasteiger partial charge is 0.253 e. The van der Waals surface area contributed by atoms with E-state index >= 15 is 0 Å². The number of hydrogen-bond acceptors (Lipinski definition) is 5. The molecule has 3 aliphatic rings. The van der Waals surface area contributed by atoms with Gasteiger partial charge in [0.15, 0.2) is 6.23 Å². The molecule has 33 heavy (non-hydrogen) atoms. The van der Waals surface area contributed by atoms with Gasteiger partial charge in [0.25, 0.3) is 5.91 Å². The van der Waals surface area contributed by atoms with Crippen LogP contribution in [0.4, 0.5) is 5.69 Å². The first-order valence-corrected chi connectivity index (χ1v) is 11.8. The number of carbonyl (C=O) groups is 1. The van der Waals surface area contributed by atoms with E-state index in [9.17, 15) is 20.1 Å². The number of allylic oxidation sites excluding steroid dienone is 3. The van der Waals surface area contributed by atoms with Gasteiger partial charge < -0.3 is 20.2 Å². The van der Waals surface area contributed by atoms with E-state index in [2.05, 4.69) is 39.0 Å². The lowest BCUT2D eigenvalue weighted by Gasteiger charge is -2.33. The van der Waals surface area contributed by atoms with E-state index < -0.39 is 18.7 Å². The zero-order valence-corrected chi connectivity index (χ0v) is 19.8. The minimum atomic E-state index is -0.901. The number of rotatable bonds is 6. The van der Waals surface area contributed by atoms with Crippen LogP contribution in [0, 0.1) is 12.8 Å². The second-order valence-electron chi connectivity index (χ2n) is 9.22. The maximum absolute atomic E-state index is 12.3. The van der Waals surface area contributed by atoms with Crippen molar-refractivity contribution >= 4 is 11.6 Å². The predicted octanol–water partition coefficient (Wildman–Crippen LogP) is 3.46. The summed E-state index contributed by atoms with van der Waals surface area (Å²) < 4.78 is 0. The molecule has 6 heteroatoms. The molecule has 1 aromatic carbocycles. The van der Waals surface area contributed by atoms with Crippen molar-refractivity contribution in [2.24, 2.45) is 5.92 Å². The van der Waals surface area contributed by atoms with Crippen LogP contribution in [0.5, 0.6) is 0 Å². The Bertz CT molecular complexity index is 1060. The highest BCUT2D eigenvalue weighted by molar-refractivity contribution is 5.92. The van der Waals surface area contributed by atoms with Crippen molar-refractivity contribution in [2.75, 3.05) is 4.90 Å². The fraction of sp³-hybridized carbons (Fsp3) is 0.444. The quantitative estimate of drug-likeness (QED) is 0.578. The fourth-order valence-corrected chi connectivity index (χ4v) is 5.47. The van der Waals surface area contributed by atoms with Crippen LogP contribution in [0.15, 0.2) is 59.4 Å². The average molecular weight is 451 g/mol. The van der Waals surface area contributed by atoms with Gasteiger partial charge in [-0.15, -0.1) is 0 Å². The largest absolute Gasteiger partial charge is 0.370 e. The molecule has 1 aliphatic carbocycles. The highest BCUT2D eigenvalue weighted by Gasteiger charge is 2.33. The lowest BCUT2D eigenvalue weighted by molar-refractivity contribution is -0.127. The van der Waals surface area contributed by atoms with Crippen LogP contribution < -0.4 is 4.90 Å². The predicted molar refractivity (Wildman–Crippen MR) is 129 cm³/mol. The van der Waals surface area contributed by atoms with Gasteiger partial charge in [-0.3, -0.25) is 9.69 Å². The minimum absolute atomic E-state index is 0.172. The molecule has 0 radical (unpaired) electrons. The second-order valence-corrected chi connectivity index (χ2v) is 9.22. The zero-order chi connectivity index (χ0) is 23.9. The third-order valence-electron chi connectivity index (χ3n) is 6.85. The SMILES string of the molecule is CCC1=CC(Cc2cc(C)c(N3C(O)C=CC3O)c(CC)c2)CC(C)=C1N1C(=O)C=CC1O. The number of carbonyl (C=O) groups excluding carboxylic acids is 1. The van der Waals surface area contributed by atoms with Gasteiger partial charge in [-0.2, -0.15) is 0 Å². The van der Waals surface area contributed by atoms with Gasteiger partial charge in [0.05, 0.1) is 0 Å². The average Bonchev–Trinajstić information content (AvgIpc) is 3.28. The number of aliphatic hydroxyl groups is 3. The first-order chi connectivity index (χ1) is 15.7. The van der Waals surface area contributed by atoms with E-state index in [1.165, 1.54) is 22.6 Å². The van der Waals surface area contributed by atoms with E-state index in [-0.39, 0.29) is 5.91 Å². The minimum Gasteiger partial charge on any atom is -0.370 e. The summed E-state index contributed by atoms with van der Waals surface area (Å²) in [5, 5.41) is 31.0. The molecular formula is C27H34N2O4. The van der Waals surface area contributed by atoms with Gasteiger partial charge in [-0.25, -0.2) is 0 Å². The van der Waals surface area contributed by atoms with Crippen LogP contribution in [0.1, 0.15) is 50.3 Å². The summed E-state index contributed by atoms with van der Waals surface area (Å²) in [6, 6.07) is 4.34. The molecule has 2 aliphatic heterocycles. The van der Waals surface area contributed by atoms with E-state index in [1.807, 2.05) is 6.92 Å². The number of benzene rings is 1. The van der Waals surface area contributed by atoms with E-state index in [0.29, 0.717) is 5.92 Å². The highest BCUT2D eigenvalue weighted by atomic mass is 16.3. The summed E-state index contributed by atoms with van der Waals surface area (Å²) in [5.74, 6) is 0.125. The molecule has 2 heterocycles. The van der Waals surface area contributed by atoms with Crippen LogP contribution in [-0.4, -0.2) is 44.8 Å². The van der Waals surface area contributed by atoms with Crippen molar-refractivity contribution in [3.8, 4) is 0 Å². The third kappa shape index (κ3) is 4.31. The maximum Gasteiger partial charge on any atom is 0.253 e. The normalized spacial score (nSPS) is 27.2. The van der Waals surface area contributed by atoms with Crippen LogP contribution in [-0.2, 0) is 17.6 Å². The van der Waals surface area contributed by atoms with Crippen LogP contribution >= 0.6 is 0 Å². The number of amides is 1. The van der Waals surface area contributed by atoms with Crippen molar-refractivity contribution in [2.45, 2.75) is 72.1 Å². The zero-order valence-electron chi connectivity index (χ0n) is 19.8. The molecule has 4 unspecified atom stereocenters. The van der Waals surface area contributed by atoms with Gasteiger partial charge in [0.1, 0.15) is 12.5 Å². The Kier molecular flexibility index (Phi) is 6.61. The molecule has 4 rings (SSSR count). The van der Waals surface area contributed by atoms with Crippen molar-refractivity contribution < 1.29 is 20.1 Å². The number of hydrogen-bond donors (Lipinski definition) is 3. The first kappa shape index (κ1) is 23.5. The molecule has 0 saturated heterocycles. The molecule has 0 bridgehead atoms. The Labute approximate surface area is 195 Å². The lowest BCUT2D eigenvalue weighted by atomic mass is 9.83. The first-order valence-electron chi connectivity index (χ1n) is 11.8. The van der Waals surface area contributed by atoms with Crippen LogP contribution in [0.25, 0.3) is 0 Å². The molecule has 0 spiro atoms. The molecule has 0 aromatic heterocycles. The van der Waals surface area contributed by atoms with Crippen molar-refractivity contribution in [1.82, 2.24) is 4.90 Å². The van der Waals surface area contributed by atoms with Gasteiger partial charge in [0.2, 0.25) is 0 Å². The standard InChI is InChI=1S/C27H34N2O4/c1-5-20-14-18(11-16(3)26(20)28-22(30)7-8-23(28)31)13-19-12-17(4)27(21(6-2)15-19)29-24(32)9-10-25(29)33/h7-11,14-15,19,22-24,30-32H,5-6,12-13H2,1-4H3. The Hall–Kier alpha value is -2.67. The number of aryl methyl sites for hydroxylation is 2. The van der Waals surface area contributed by atoms with Crippen molar-refractivity contribution in [3.63, 3.8) is 0 Å². The molecule has 4 atom stereocenters. The van der Waals surface area contributed by atoms with Crippen LogP contribution in [0.3, 0.4) is 0 Å². The molecule has 0 fully saturated rings. The van der Waals surface area contributed by atoms with Crippen molar-refractivity contribution in [1.29, 1.82) is 0 Å². The number of anilines is 1. The maximum atomic E-state index is 12.3. The third-order valence-corrected chi connectivity index (χ3v) is 6.85. The Morgan fingerprint density at radius 1 is 0.970 bits per heavy atom. The lowest BCUT2D eigenvalue weighted by Crippen LogP contribution is -2.38. The molecule has 1 aromatic rings. The summed E-state index contributed by atoms with van der Waals surface area (Å²) in [6.45, 7) is 8.25. The monoisotopic (exact) mass is 450 g/mol. The molecule has 0 saturated carbocycles. The molecular weight excluding hydrogens is 416 g/mol. The summed E-state index contributed by atoms with van der Waals surface area (Å²) in [5.41, 5.74) is 7.33. The van der Waals surface area contributed by atoms with E-state index in [4.69, 9.17) is 0 Å². The summed E-state index contributed by atoms with van der Waals surface area (Å²) in [4.78, 5) is 15.5. The molecule has 6 nitrogen and oxygen atoms in total. The summed E-state index contributed by atoms with van der Waals surface area (Å²) in [7, 11) is 0.